The number of hydrogen-bond donors (Lipinski definition) is 1. The second kappa shape index (κ2) is 6.02. The zero-order chi connectivity index (χ0) is 18.4. The van der Waals surface area contributed by atoms with Gasteiger partial charge in [-0.3, -0.25) is 9.59 Å². The van der Waals surface area contributed by atoms with Gasteiger partial charge >= 0.3 is 0 Å². The summed E-state index contributed by atoms with van der Waals surface area (Å²) in [5, 5.41) is 1.09. The van der Waals surface area contributed by atoms with Crippen LogP contribution in [0.1, 0.15) is 33.2 Å². The number of nitrogens with one attached hydrogen (secondary N) is 1. The monoisotopic (exact) mass is 347 g/mol. The third-order valence-corrected chi connectivity index (χ3v) is 5.08. The molecule has 4 rings (SSSR count). The molecule has 26 heavy (non-hydrogen) atoms. The predicted molar refractivity (Wildman–Crippen MR) is 101 cm³/mol. The average Bonchev–Trinajstić information content (AvgIpc) is 3.09. The van der Waals surface area contributed by atoms with Gasteiger partial charge in [0.05, 0.1) is 6.04 Å². The number of carbonyl (C=O) groups is 2. The van der Waals surface area contributed by atoms with E-state index in [1.165, 1.54) is 4.90 Å². The molecule has 3 aromatic rings. The molecule has 0 unspecified atom stereocenters. The lowest BCUT2D eigenvalue weighted by Crippen LogP contribution is -2.39. The number of para-hydroxylation sites is 1. The minimum absolute atomic E-state index is 0.0596. The van der Waals surface area contributed by atoms with Gasteiger partial charge in [-0.1, -0.05) is 36.4 Å². The lowest BCUT2D eigenvalue weighted by Gasteiger charge is -2.27. The Morgan fingerprint density at radius 2 is 1.81 bits per heavy atom. The summed E-state index contributed by atoms with van der Waals surface area (Å²) in [6.45, 7) is 2.08. The van der Waals surface area contributed by atoms with Gasteiger partial charge in [-0.05, 0) is 24.6 Å². The van der Waals surface area contributed by atoms with Crippen molar-refractivity contribution in [2.75, 3.05) is 20.6 Å². The number of carbonyl (C=O) groups excluding carboxylic acids is 2. The molecule has 0 radical (unpaired) electrons. The standard InChI is InChI=1S/C21H21N3O2/c1-13-19(16-10-6-7-11-17(16)22-13)20-14-8-4-5-9-15(14)21(26)24(20)12-18(25)23(2)3/h4-11,20,22H,12H2,1-3H3/t20-/m0/s1. The highest BCUT2D eigenvalue weighted by molar-refractivity contribution is 6.02. The summed E-state index contributed by atoms with van der Waals surface area (Å²) in [7, 11) is 3.42. The van der Waals surface area contributed by atoms with Crippen molar-refractivity contribution in [2.45, 2.75) is 13.0 Å². The fourth-order valence-corrected chi connectivity index (χ4v) is 3.78. The Bertz CT molecular complexity index is 1020. The number of nitrogens with zero attached hydrogens (tertiary/aromatic N) is 2. The summed E-state index contributed by atoms with van der Waals surface area (Å²) in [4.78, 5) is 32.1. The maximum atomic E-state index is 13.1. The summed E-state index contributed by atoms with van der Waals surface area (Å²) in [5.41, 5.74) is 4.75. The molecule has 2 amide bonds. The summed E-state index contributed by atoms with van der Waals surface area (Å²) in [6, 6.07) is 15.5. The largest absolute Gasteiger partial charge is 0.358 e. The molecule has 0 fully saturated rings. The fraction of sp³-hybridized carbons (Fsp3) is 0.238. The van der Waals surface area contributed by atoms with Crippen molar-refractivity contribution < 1.29 is 9.59 Å². The Labute approximate surface area is 152 Å². The molecule has 1 atom stereocenters. The van der Waals surface area contributed by atoms with Crippen molar-refractivity contribution in [3.05, 3.63) is 70.9 Å². The number of rotatable bonds is 3. The van der Waals surface area contributed by atoms with E-state index >= 15 is 0 Å². The van der Waals surface area contributed by atoms with Crippen LogP contribution in [0.25, 0.3) is 10.9 Å². The number of hydrogen-bond acceptors (Lipinski definition) is 2. The van der Waals surface area contributed by atoms with Gasteiger partial charge in [-0.25, -0.2) is 0 Å². The maximum Gasteiger partial charge on any atom is 0.255 e. The van der Waals surface area contributed by atoms with Crippen LogP contribution >= 0.6 is 0 Å². The first kappa shape index (κ1) is 16.4. The highest BCUT2D eigenvalue weighted by Crippen LogP contribution is 2.42. The number of H-pyrrole nitrogens is 1. The van der Waals surface area contributed by atoms with Crippen molar-refractivity contribution in [3.63, 3.8) is 0 Å². The molecule has 2 heterocycles. The summed E-state index contributed by atoms with van der Waals surface area (Å²) in [6.07, 6.45) is 0. The first-order valence-electron chi connectivity index (χ1n) is 8.66. The lowest BCUT2D eigenvalue weighted by atomic mass is 9.95. The summed E-state index contributed by atoms with van der Waals surface area (Å²) < 4.78 is 0. The molecule has 0 bridgehead atoms. The van der Waals surface area contributed by atoms with Crippen LogP contribution in [0.4, 0.5) is 0 Å². The van der Waals surface area contributed by atoms with Crippen molar-refractivity contribution in [1.29, 1.82) is 0 Å². The molecule has 1 N–H and O–H groups in total. The van der Waals surface area contributed by atoms with Gasteiger partial charge in [-0.15, -0.1) is 0 Å². The molecule has 1 aliphatic heterocycles. The Balaban J connectivity index is 1.91. The average molecular weight is 347 g/mol. The molecular weight excluding hydrogens is 326 g/mol. The van der Waals surface area contributed by atoms with E-state index in [4.69, 9.17) is 0 Å². The zero-order valence-corrected chi connectivity index (χ0v) is 15.1. The van der Waals surface area contributed by atoms with Crippen LogP contribution < -0.4 is 0 Å². The van der Waals surface area contributed by atoms with Crippen LogP contribution in [0.15, 0.2) is 48.5 Å². The summed E-state index contributed by atoms with van der Waals surface area (Å²) in [5.74, 6) is -0.181. The van der Waals surface area contributed by atoms with E-state index in [9.17, 15) is 9.59 Å². The minimum atomic E-state index is -0.265. The van der Waals surface area contributed by atoms with Crippen LogP contribution in [0.3, 0.4) is 0 Å². The van der Waals surface area contributed by atoms with Crippen molar-refractivity contribution in [1.82, 2.24) is 14.8 Å². The second-order valence-electron chi connectivity index (χ2n) is 6.92. The molecule has 132 valence electrons. The van der Waals surface area contributed by atoms with E-state index in [0.29, 0.717) is 5.56 Å². The van der Waals surface area contributed by atoms with Gasteiger partial charge in [0.1, 0.15) is 6.54 Å². The molecule has 5 heteroatoms. The van der Waals surface area contributed by atoms with Gasteiger partial charge in [0, 0.05) is 41.8 Å². The Kier molecular flexibility index (Phi) is 3.80. The fourth-order valence-electron chi connectivity index (χ4n) is 3.78. The number of fused-ring (bicyclic) bond motifs is 2. The van der Waals surface area contributed by atoms with Gasteiger partial charge < -0.3 is 14.8 Å². The number of amides is 2. The van der Waals surface area contributed by atoms with Gasteiger partial charge in [0.2, 0.25) is 5.91 Å². The number of aryl methyl sites for hydroxylation is 1. The van der Waals surface area contributed by atoms with E-state index in [1.54, 1.807) is 19.0 Å². The molecular formula is C21H21N3O2. The second-order valence-corrected chi connectivity index (χ2v) is 6.92. The number of likely N-dealkylation sites (N-methyl/N-ethyl adjacent to an activating group) is 1. The van der Waals surface area contributed by atoms with Crippen molar-refractivity contribution in [3.8, 4) is 0 Å². The van der Waals surface area contributed by atoms with Crippen LogP contribution in [0.2, 0.25) is 0 Å². The summed E-state index contributed by atoms with van der Waals surface area (Å²) >= 11 is 0. The highest BCUT2D eigenvalue weighted by atomic mass is 16.2. The number of aromatic nitrogens is 1. The van der Waals surface area contributed by atoms with Gasteiger partial charge in [0.25, 0.3) is 5.91 Å². The molecule has 0 saturated heterocycles. The molecule has 2 aromatic carbocycles. The van der Waals surface area contributed by atoms with E-state index in [0.717, 1.165) is 27.7 Å². The lowest BCUT2D eigenvalue weighted by molar-refractivity contribution is -0.129. The van der Waals surface area contributed by atoms with Crippen LogP contribution in [0, 0.1) is 6.92 Å². The first-order valence-corrected chi connectivity index (χ1v) is 8.66. The zero-order valence-electron chi connectivity index (χ0n) is 15.1. The smallest absolute Gasteiger partial charge is 0.255 e. The topological polar surface area (TPSA) is 56.4 Å². The third kappa shape index (κ3) is 2.39. The molecule has 0 spiro atoms. The van der Waals surface area contributed by atoms with E-state index in [2.05, 4.69) is 11.1 Å². The van der Waals surface area contributed by atoms with E-state index in [1.807, 2.05) is 49.4 Å². The van der Waals surface area contributed by atoms with Gasteiger partial charge in [0.15, 0.2) is 0 Å². The SMILES string of the molecule is Cc1[nH]c2ccccc2c1[C@@H]1c2ccccc2C(=O)N1CC(=O)N(C)C. The van der Waals surface area contributed by atoms with Gasteiger partial charge in [-0.2, -0.15) is 0 Å². The molecule has 5 nitrogen and oxygen atoms in total. The minimum Gasteiger partial charge on any atom is -0.358 e. The normalized spacial score (nSPS) is 16.2. The Morgan fingerprint density at radius 3 is 2.58 bits per heavy atom. The van der Waals surface area contributed by atoms with E-state index in [-0.39, 0.29) is 24.4 Å². The highest BCUT2D eigenvalue weighted by Gasteiger charge is 2.40. The molecule has 0 saturated carbocycles. The van der Waals surface area contributed by atoms with Crippen LogP contribution in [0.5, 0.6) is 0 Å². The molecule has 0 aliphatic carbocycles. The third-order valence-electron chi connectivity index (χ3n) is 5.08. The van der Waals surface area contributed by atoms with Crippen LogP contribution in [-0.2, 0) is 4.79 Å². The van der Waals surface area contributed by atoms with Crippen molar-refractivity contribution >= 4 is 22.7 Å². The number of benzene rings is 2. The number of aromatic amines is 1. The van der Waals surface area contributed by atoms with E-state index < -0.39 is 0 Å². The van der Waals surface area contributed by atoms with Crippen LogP contribution in [-0.4, -0.2) is 47.2 Å². The Hall–Kier alpha value is -3.08. The maximum absolute atomic E-state index is 13.1. The quantitative estimate of drug-likeness (QED) is 0.791. The molecule has 1 aromatic heterocycles. The first-order chi connectivity index (χ1) is 12.5. The molecule has 1 aliphatic rings. The van der Waals surface area contributed by atoms with Crippen molar-refractivity contribution in [2.24, 2.45) is 0 Å². The Morgan fingerprint density at radius 1 is 1.12 bits per heavy atom. The predicted octanol–water partition coefficient (Wildman–Crippen LogP) is 3.11.